The third kappa shape index (κ3) is 2.55. The van der Waals surface area contributed by atoms with E-state index in [1.165, 1.54) is 0 Å². The number of aromatic nitrogens is 2. The van der Waals surface area contributed by atoms with Crippen molar-refractivity contribution in [1.82, 2.24) is 9.78 Å². The Kier molecular flexibility index (Phi) is 3.92. The van der Waals surface area contributed by atoms with E-state index in [0.717, 1.165) is 45.3 Å². The molecule has 3 rings (SSSR count). The minimum absolute atomic E-state index is 0.0148. The van der Waals surface area contributed by atoms with Crippen LogP contribution in [-0.4, -0.2) is 22.2 Å². The fraction of sp³-hybridized carbons (Fsp3) is 0.333. The van der Waals surface area contributed by atoms with Gasteiger partial charge in [-0.3, -0.25) is 14.4 Å². The number of rotatable bonds is 1. The fourth-order valence-corrected chi connectivity index (χ4v) is 3.84. The molecule has 1 aromatic carbocycles. The van der Waals surface area contributed by atoms with Crippen LogP contribution >= 0.6 is 31.9 Å². The number of carbonyl (C=O) groups excluding carboxylic acids is 1. The first kappa shape index (κ1) is 14.8. The number of aryl methyl sites for hydroxylation is 2. The molecule has 0 saturated heterocycles. The molecule has 0 radical (unpaired) electrons. The molecule has 0 bridgehead atoms. The second-order valence-electron chi connectivity index (χ2n) is 5.24. The number of halogens is 2. The third-order valence-corrected chi connectivity index (χ3v) is 5.48. The van der Waals surface area contributed by atoms with Gasteiger partial charge in [0.1, 0.15) is 5.82 Å². The van der Waals surface area contributed by atoms with Gasteiger partial charge in [-0.15, -0.1) is 0 Å². The summed E-state index contributed by atoms with van der Waals surface area (Å²) in [5.41, 5.74) is 2.90. The lowest BCUT2D eigenvalue weighted by molar-refractivity contribution is 0.0983. The van der Waals surface area contributed by atoms with Crippen LogP contribution in [0.15, 0.2) is 27.3 Å². The van der Waals surface area contributed by atoms with Gasteiger partial charge in [-0.25, -0.2) is 0 Å². The summed E-state index contributed by atoms with van der Waals surface area (Å²) in [5, 5.41) is 4.28. The van der Waals surface area contributed by atoms with E-state index < -0.39 is 0 Å². The number of fused-ring (bicyclic) bond motifs is 1. The SMILES string of the molecule is Cc1c(Br)cc(C(=O)N2CCCc3cnn(C)c32)cc1Br. The molecular formula is C15H15Br2N3O. The summed E-state index contributed by atoms with van der Waals surface area (Å²) in [4.78, 5) is 14.7. The second kappa shape index (κ2) is 5.57. The van der Waals surface area contributed by atoms with Gasteiger partial charge in [0.25, 0.3) is 5.91 Å². The molecule has 21 heavy (non-hydrogen) atoms. The van der Waals surface area contributed by atoms with Gasteiger partial charge in [0.05, 0.1) is 6.20 Å². The number of hydrogen-bond acceptors (Lipinski definition) is 2. The summed E-state index contributed by atoms with van der Waals surface area (Å²) in [6, 6.07) is 3.76. The lowest BCUT2D eigenvalue weighted by atomic mass is 10.1. The summed E-state index contributed by atoms with van der Waals surface area (Å²) in [6.45, 7) is 2.73. The first-order valence-electron chi connectivity index (χ1n) is 6.77. The van der Waals surface area contributed by atoms with Crippen molar-refractivity contribution in [1.29, 1.82) is 0 Å². The zero-order valence-corrected chi connectivity index (χ0v) is 15.0. The van der Waals surface area contributed by atoms with E-state index in [1.807, 2.05) is 37.2 Å². The standard InChI is InChI=1S/C15H15Br2N3O/c1-9-12(16)6-11(7-13(9)17)15(21)20-5-3-4-10-8-18-19(2)14(10)20/h6-8H,3-5H2,1-2H3. The second-order valence-corrected chi connectivity index (χ2v) is 6.95. The highest BCUT2D eigenvalue weighted by molar-refractivity contribution is 9.11. The molecule has 1 aromatic heterocycles. The number of amides is 1. The first-order chi connectivity index (χ1) is 9.99. The Balaban J connectivity index is 2.02. The highest BCUT2D eigenvalue weighted by Crippen LogP contribution is 2.30. The summed E-state index contributed by atoms with van der Waals surface area (Å²) < 4.78 is 3.65. The number of anilines is 1. The molecule has 6 heteroatoms. The van der Waals surface area contributed by atoms with Crippen molar-refractivity contribution in [3.05, 3.63) is 44.0 Å². The van der Waals surface area contributed by atoms with Crippen molar-refractivity contribution in [3.8, 4) is 0 Å². The Morgan fingerprint density at radius 2 is 1.95 bits per heavy atom. The smallest absolute Gasteiger partial charge is 0.259 e. The van der Waals surface area contributed by atoms with E-state index in [2.05, 4.69) is 37.0 Å². The van der Waals surface area contributed by atoms with Crippen molar-refractivity contribution < 1.29 is 4.79 Å². The fourth-order valence-electron chi connectivity index (χ4n) is 2.66. The molecule has 0 spiro atoms. The highest BCUT2D eigenvalue weighted by Gasteiger charge is 2.27. The van der Waals surface area contributed by atoms with Crippen molar-refractivity contribution in [2.75, 3.05) is 11.4 Å². The van der Waals surface area contributed by atoms with Crippen LogP contribution in [0, 0.1) is 6.92 Å². The Hall–Kier alpha value is -1.14. The first-order valence-corrected chi connectivity index (χ1v) is 8.36. The van der Waals surface area contributed by atoms with Crippen LogP contribution in [0.3, 0.4) is 0 Å². The minimum Gasteiger partial charge on any atom is -0.293 e. The molecule has 0 saturated carbocycles. The van der Waals surface area contributed by atoms with Crippen LogP contribution < -0.4 is 4.90 Å². The summed E-state index contributed by atoms with van der Waals surface area (Å²) >= 11 is 7.02. The normalized spacial score (nSPS) is 14.2. The van der Waals surface area contributed by atoms with E-state index in [0.29, 0.717) is 5.56 Å². The van der Waals surface area contributed by atoms with Crippen molar-refractivity contribution in [3.63, 3.8) is 0 Å². The van der Waals surface area contributed by atoms with E-state index >= 15 is 0 Å². The van der Waals surface area contributed by atoms with Crippen LogP contribution in [0.4, 0.5) is 5.82 Å². The van der Waals surface area contributed by atoms with E-state index in [-0.39, 0.29) is 5.91 Å². The van der Waals surface area contributed by atoms with Crippen LogP contribution in [0.25, 0.3) is 0 Å². The van der Waals surface area contributed by atoms with E-state index in [1.54, 1.807) is 4.68 Å². The van der Waals surface area contributed by atoms with Crippen molar-refractivity contribution >= 4 is 43.6 Å². The van der Waals surface area contributed by atoms with Crippen LogP contribution in [0.5, 0.6) is 0 Å². The lowest BCUT2D eigenvalue weighted by Gasteiger charge is -2.28. The molecule has 0 unspecified atom stereocenters. The molecule has 0 atom stereocenters. The molecular weight excluding hydrogens is 398 g/mol. The monoisotopic (exact) mass is 411 g/mol. The van der Waals surface area contributed by atoms with Gasteiger partial charge < -0.3 is 0 Å². The van der Waals surface area contributed by atoms with Gasteiger partial charge >= 0.3 is 0 Å². The molecule has 0 aliphatic carbocycles. The minimum atomic E-state index is 0.0148. The molecule has 1 amide bonds. The topological polar surface area (TPSA) is 38.1 Å². The van der Waals surface area contributed by atoms with Gasteiger partial charge in [-0.1, -0.05) is 31.9 Å². The molecule has 110 valence electrons. The van der Waals surface area contributed by atoms with Gasteiger partial charge in [0.15, 0.2) is 0 Å². The third-order valence-electron chi connectivity index (χ3n) is 3.84. The molecule has 0 N–H and O–H groups in total. The number of benzene rings is 1. The summed E-state index contributed by atoms with van der Waals surface area (Å²) in [7, 11) is 1.88. The molecule has 0 fully saturated rings. The predicted molar refractivity (Wildman–Crippen MR) is 89.8 cm³/mol. The largest absolute Gasteiger partial charge is 0.293 e. The van der Waals surface area contributed by atoms with E-state index in [9.17, 15) is 4.79 Å². The maximum Gasteiger partial charge on any atom is 0.259 e. The molecule has 4 nitrogen and oxygen atoms in total. The van der Waals surface area contributed by atoms with Gasteiger partial charge in [0, 0.05) is 33.7 Å². The zero-order valence-electron chi connectivity index (χ0n) is 11.9. The Morgan fingerprint density at radius 3 is 2.62 bits per heavy atom. The summed E-state index contributed by atoms with van der Waals surface area (Å²) in [5.74, 6) is 0.931. The average molecular weight is 413 g/mol. The lowest BCUT2D eigenvalue weighted by Crippen LogP contribution is -2.36. The quantitative estimate of drug-likeness (QED) is 0.713. The molecule has 1 aliphatic heterocycles. The zero-order chi connectivity index (χ0) is 15.1. The van der Waals surface area contributed by atoms with Gasteiger partial charge in [-0.05, 0) is 37.5 Å². The van der Waals surface area contributed by atoms with Crippen molar-refractivity contribution in [2.45, 2.75) is 19.8 Å². The maximum absolute atomic E-state index is 12.9. The van der Waals surface area contributed by atoms with Gasteiger partial charge in [-0.2, -0.15) is 5.10 Å². The Bertz CT molecular complexity index is 701. The average Bonchev–Trinajstić information content (AvgIpc) is 2.85. The maximum atomic E-state index is 12.9. The number of nitrogens with zero attached hydrogens (tertiary/aromatic N) is 3. The summed E-state index contributed by atoms with van der Waals surface area (Å²) in [6.07, 6.45) is 3.81. The molecule has 2 aromatic rings. The number of hydrogen-bond donors (Lipinski definition) is 0. The Labute approximate surface area is 140 Å². The molecule has 1 aliphatic rings. The highest BCUT2D eigenvalue weighted by atomic mass is 79.9. The molecule has 2 heterocycles. The predicted octanol–water partition coefficient (Wildman–Crippen LogP) is 3.85. The van der Waals surface area contributed by atoms with Crippen LogP contribution in [-0.2, 0) is 13.5 Å². The number of carbonyl (C=O) groups is 1. The van der Waals surface area contributed by atoms with Crippen LogP contribution in [0.1, 0.15) is 27.9 Å². The van der Waals surface area contributed by atoms with Crippen molar-refractivity contribution in [2.24, 2.45) is 7.05 Å². The van der Waals surface area contributed by atoms with Gasteiger partial charge in [0.2, 0.25) is 0 Å². The van der Waals surface area contributed by atoms with E-state index in [4.69, 9.17) is 0 Å². The van der Waals surface area contributed by atoms with Crippen LogP contribution in [0.2, 0.25) is 0 Å². The Morgan fingerprint density at radius 1 is 1.29 bits per heavy atom.